The van der Waals surface area contributed by atoms with Gasteiger partial charge in [-0.1, -0.05) is 0 Å². The molecule has 38 valence electrons. The maximum absolute atomic E-state index is 3.01. The minimum atomic E-state index is 1.26. The quantitative estimate of drug-likeness (QED) is 0.464. The topological polar surface area (TPSA) is 0 Å². The summed E-state index contributed by atoms with van der Waals surface area (Å²) in [7, 11) is 0. The van der Waals surface area contributed by atoms with Crippen molar-refractivity contribution < 1.29 is 0 Å². The van der Waals surface area contributed by atoms with Crippen LogP contribution in [0.15, 0.2) is 12.2 Å². The summed E-state index contributed by atoms with van der Waals surface area (Å²) in [5.74, 6) is 0. The predicted octanol–water partition coefficient (Wildman–Crippen LogP) is 1.07. The molecular weight excluding hydrogens is 151 g/mol. The van der Waals surface area contributed by atoms with E-state index in [-0.39, 0.29) is 0 Å². The fourth-order valence-electron chi connectivity index (χ4n) is 0.692. The molecule has 7 heavy (non-hydrogen) atoms. The van der Waals surface area contributed by atoms with E-state index in [4.69, 9.17) is 0 Å². The van der Waals surface area contributed by atoms with Crippen molar-refractivity contribution in [2.45, 2.75) is 19.3 Å². The van der Waals surface area contributed by atoms with Crippen molar-refractivity contribution in [1.29, 1.82) is 0 Å². The minimum absolute atomic E-state index is 1.26. The molecule has 0 saturated carbocycles. The molecule has 0 N–H and O–H groups in total. The first-order chi connectivity index (χ1) is 3.39. The van der Waals surface area contributed by atoms with Gasteiger partial charge in [-0.3, -0.25) is 0 Å². The Morgan fingerprint density at radius 3 is 2.71 bits per heavy atom. The van der Waals surface area contributed by atoms with Crippen LogP contribution in [0.1, 0.15) is 19.3 Å². The fourth-order valence-corrected chi connectivity index (χ4v) is 1.20. The third kappa shape index (κ3) is 1.58. The van der Waals surface area contributed by atoms with Crippen molar-refractivity contribution in [3.05, 3.63) is 12.2 Å². The van der Waals surface area contributed by atoms with E-state index in [9.17, 15) is 0 Å². The third-order valence-corrected chi connectivity index (χ3v) is 1.81. The Kier molecular flexibility index (Phi) is 1.84. The van der Waals surface area contributed by atoms with Gasteiger partial charge in [0.2, 0.25) is 0 Å². The monoisotopic (exact) mass is 160 g/mol. The van der Waals surface area contributed by atoms with Crippen molar-refractivity contribution in [2.24, 2.45) is 0 Å². The average molecular weight is 159 g/mol. The van der Waals surface area contributed by atoms with Gasteiger partial charge in [-0.2, -0.15) is 0 Å². The summed E-state index contributed by atoms with van der Waals surface area (Å²) in [6.45, 7) is 0. The summed E-state index contributed by atoms with van der Waals surface area (Å²) in [6, 6.07) is 0. The summed E-state index contributed by atoms with van der Waals surface area (Å²) in [5.41, 5.74) is 0. The van der Waals surface area contributed by atoms with Crippen LogP contribution < -0.4 is 0 Å². The maximum atomic E-state index is 3.01. The molecule has 0 spiro atoms. The van der Waals surface area contributed by atoms with Crippen molar-refractivity contribution in [3.8, 4) is 0 Å². The Morgan fingerprint density at radius 2 is 2.43 bits per heavy atom. The van der Waals surface area contributed by atoms with Gasteiger partial charge in [-0.05, 0) is 0 Å². The van der Waals surface area contributed by atoms with Gasteiger partial charge in [-0.15, -0.1) is 0 Å². The third-order valence-electron chi connectivity index (χ3n) is 1.10. The van der Waals surface area contributed by atoms with E-state index in [1.165, 1.54) is 23.7 Å². The molecule has 0 atom stereocenters. The van der Waals surface area contributed by atoms with E-state index in [2.05, 4.69) is 27.7 Å². The molecule has 1 aliphatic rings. The molecule has 1 aliphatic carbocycles. The van der Waals surface area contributed by atoms with E-state index in [1.54, 1.807) is 0 Å². The van der Waals surface area contributed by atoms with Gasteiger partial charge in [-0.25, -0.2) is 0 Å². The zero-order valence-corrected chi connectivity index (χ0v) is 5.90. The van der Waals surface area contributed by atoms with E-state index in [1.807, 2.05) is 0 Å². The van der Waals surface area contributed by atoms with E-state index in [0.29, 0.717) is 0 Å². The molecule has 0 aromatic rings. The standard InChI is InChI=1S/C6H8Se/c7-6-4-2-1-3-5-6/h2,4H,1,3,5H2. The first-order valence-corrected chi connectivity index (χ1v) is 3.44. The Bertz CT molecular complexity index is 103. The average Bonchev–Trinajstić information content (AvgIpc) is 1.69. The van der Waals surface area contributed by atoms with Crippen molar-refractivity contribution in [2.75, 3.05) is 0 Å². The molecule has 0 amide bonds. The molecule has 1 heteroatoms. The van der Waals surface area contributed by atoms with Crippen LogP contribution in [0.3, 0.4) is 0 Å². The fraction of sp³-hybridized carbons (Fsp3) is 0.500. The zero-order valence-electron chi connectivity index (χ0n) is 4.18. The molecule has 0 heterocycles. The summed E-state index contributed by atoms with van der Waals surface area (Å²) < 4.78 is 1.41. The normalized spacial score (nSPS) is 20.3. The summed E-state index contributed by atoms with van der Waals surface area (Å²) in [5, 5.41) is 0. The number of hydrogen-bond donors (Lipinski definition) is 0. The van der Waals surface area contributed by atoms with E-state index < -0.39 is 0 Å². The van der Waals surface area contributed by atoms with Crippen LogP contribution in [-0.4, -0.2) is 20.0 Å². The zero-order chi connectivity index (χ0) is 5.11. The van der Waals surface area contributed by atoms with Gasteiger partial charge in [0.25, 0.3) is 0 Å². The first kappa shape index (κ1) is 5.27. The molecule has 0 nitrogen and oxygen atoms in total. The summed E-state index contributed by atoms with van der Waals surface area (Å²) in [6.07, 6.45) is 8.25. The number of allylic oxidation sites excluding steroid dienone is 2. The SMILES string of the molecule is [Se]=C1C=CCCC1. The first-order valence-electron chi connectivity index (χ1n) is 2.59. The van der Waals surface area contributed by atoms with Gasteiger partial charge >= 0.3 is 51.4 Å². The van der Waals surface area contributed by atoms with Crippen molar-refractivity contribution >= 4 is 20.0 Å². The van der Waals surface area contributed by atoms with Crippen molar-refractivity contribution in [1.82, 2.24) is 0 Å². The van der Waals surface area contributed by atoms with Gasteiger partial charge in [0.15, 0.2) is 0 Å². The molecule has 0 fully saturated rings. The van der Waals surface area contributed by atoms with Crippen molar-refractivity contribution in [3.63, 3.8) is 0 Å². The van der Waals surface area contributed by atoms with Gasteiger partial charge < -0.3 is 0 Å². The van der Waals surface area contributed by atoms with Crippen LogP contribution in [0.25, 0.3) is 0 Å². The predicted molar refractivity (Wildman–Crippen MR) is 33.8 cm³/mol. The van der Waals surface area contributed by atoms with Gasteiger partial charge in [0.1, 0.15) is 0 Å². The van der Waals surface area contributed by atoms with Crippen LogP contribution >= 0.6 is 0 Å². The van der Waals surface area contributed by atoms with Crippen LogP contribution in [0, 0.1) is 0 Å². The molecular formula is C6H8Se. The Hall–Kier alpha value is 0.129. The Morgan fingerprint density at radius 1 is 1.57 bits per heavy atom. The molecule has 0 bridgehead atoms. The second-order valence-electron chi connectivity index (χ2n) is 1.76. The second kappa shape index (κ2) is 2.44. The number of rotatable bonds is 0. The molecule has 0 saturated heterocycles. The van der Waals surface area contributed by atoms with Crippen LogP contribution in [0.5, 0.6) is 0 Å². The molecule has 0 radical (unpaired) electrons. The summed E-state index contributed by atoms with van der Waals surface area (Å²) in [4.78, 5) is 0. The number of hydrogen-bond acceptors (Lipinski definition) is 0. The molecule has 1 rings (SSSR count). The second-order valence-corrected chi connectivity index (χ2v) is 2.86. The Balaban J connectivity index is 2.51. The van der Waals surface area contributed by atoms with Crippen LogP contribution in [-0.2, 0) is 0 Å². The van der Waals surface area contributed by atoms with E-state index >= 15 is 0 Å². The van der Waals surface area contributed by atoms with Gasteiger partial charge in [0.05, 0.1) is 0 Å². The molecule has 0 aliphatic heterocycles. The Labute approximate surface area is 52.0 Å². The van der Waals surface area contributed by atoms with Gasteiger partial charge in [0, 0.05) is 0 Å². The van der Waals surface area contributed by atoms with E-state index in [0.717, 1.165) is 0 Å². The molecule has 0 aromatic heterocycles. The molecule has 0 unspecified atom stereocenters. The molecule has 0 aromatic carbocycles. The van der Waals surface area contributed by atoms with Crippen LogP contribution in [0.2, 0.25) is 0 Å². The summed E-state index contributed by atoms with van der Waals surface area (Å²) >= 11 is 3.01. The van der Waals surface area contributed by atoms with Crippen LogP contribution in [0.4, 0.5) is 0 Å².